The molecule has 0 atom stereocenters. The predicted molar refractivity (Wildman–Crippen MR) is 209 cm³/mol. The van der Waals surface area contributed by atoms with Crippen LogP contribution in [0.1, 0.15) is 171 Å². The third kappa shape index (κ3) is 7.77. The Bertz CT molecular complexity index is 1840. The number of hydrogen-bond donors (Lipinski definition) is 4. The Hall–Kier alpha value is -4.58. The predicted octanol–water partition coefficient (Wildman–Crippen LogP) is 10.4. The highest BCUT2D eigenvalue weighted by molar-refractivity contribution is 5.93. The molecule has 0 aromatic heterocycles. The van der Waals surface area contributed by atoms with Crippen LogP contribution in [-0.4, -0.2) is 32.4 Å². The van der Waals surface area contributed by atoms with Crippen LogP contribution in [0.15, 0.2) is 48.5 Å². The molecule has 8 bridgehead atoms. The summed E-state index contributed by atoms with van der Waals surface area (Å²) in [6, 6.07) is 15.6. The zero-order valence-corrected chi connectivity index (χ0v) is 33.1. The number of hydrogen-bond acceptors (Lipinski definition) is 4. The zero-order valence-electron chi connectivity index (χ0n) is 33.1. The largest absolute Gasteiger partial charge is 0.507 e. The van der Waals surface area contributed by atoms with Crippen LogP contribution in [0.5, 0.6) is 11.5 Å². The van der Waals surface area contributed by atoms with Gasteiger partial charge in [-0.05, 0) is 88.4 Å². The Balaban J connectivity index is 1.98. The molecule has 0 saturated carbocycles. The van der Waals surface area contributed by atoms with Crippen molar-refractivity contribution >= 4 is 11.9 Å². The fourth-order valence-corrected chi connectivity index (χ4v) is 7.25. The molecule has 0 unspecified atom stereocenters. The molecule has 4 aromatic carbocycles. The van der Waals surface area contributed by atoms with Gasteiger partial charge in [-0.1, -0.05) is 132 Å². The number of carboxylic acid groups (broad SMARTS) is 2. The highest BCUT2D eigenvalue weighted by Gasteiger charge is 2.29. The van der Waals surface area contributed by atoms with E-state index >= 15 is 0 Å². The molecule has 276 valence electrons. The molecule has 4 aromatic rings. The Morgan fingerprint density at radius 1 is 0.385 bits per heavy atom. The fraction of sp³-hybridized carbons (Fsp3) is 0.435. The lowest BCUT2D eigenvalue weighted by atomic mass is 9.77. The van der Waals surface area contributed by atoms with Crippen molar-refractivity contribution in [2.45, 2.75) is 130 Å². The Kier molecular flexibility index (Phi) is 9.75. The van der Waals surface area contributed by atoms with Crippen LogP contribution in [0.25, 0.3) is 0 Å². The number of carboxylic acids is 2. The molecule has 0 radical (unpaired) electrons. The number of aromatic carboxylic acids is 2. The van der Waals surface area contributed by atoms with E-state index in [9.17, 15) is 30.0 Å². The summed E-state index contributed by atoms with van der Waals surface area (Å²) in [6.07, 6.45) is 0.610. The van der Waals surface area contributed by atoms with E-state index in [4.69, 9.17) is 0 Å². The smallest absolute Gasteiger partial charge is 0.336 e. The Morgan fingerprint density at radius 3 is 0.712 bits per heavy atom. The van der Waals surface area contributed by atoms with Crippen LogP contribution in [0.4, 0.5) is 0 Å². The minimum atomic E-state index is -1.07. The molecule has 0 fully saturated rings. The number of phenols is 2. The molecule has 0 heterocycles. The van der Waals surface area contributed by atoms with Gasteiger partial charge in [-0.3, -0.25) is 0 Å². The molecule has 6 heteroatoms. The third-order valence-corrected chi connectivity index (χ3v) is 10.6. The number of carbonyl (C=O) groups is 2. The summed E-state index contributed by atoms with van der Waals surface area (Å²) in [5, 5.41) is 45.8. The van der Waals surface area contributed by atoms with Gasteiger partial charge < -0.3 is 20.4 Å². The van der Waals surface area contributed by atoms with Crippen LogP contribution in [0.2, 0.25) is 0 Å². The first-order valence-electron chi connectivity index (χ1n) is 18.2. The van der Waals surface area contributed by atoms with Crippen LogP contribution in [-0.2, 0) is 47.3 Å². The van der Waals surface area contributed by atoms with Gasteiger partial charge in [0.25, 0.3) is 0 Å². The molecule has 0 spiro atoms. The number of phenolic OH excluding ortho intramolecular Hbond substituents is 2. The minimum absolute atomic E-state index is 0.0379. The second-order valence-electron chi connectivity index (χ2n) is 18.9. The highest BCUT2D eigenvalue weighted by atomic mass is 16.4. The van der Waals surface area contributed by atoms with Crippen LogP contribution >= 0.6 is 0 Å². The molecule has 4 N–H and O–H groups in total. The molecule has 5 rings (SSSR count). The Labute approximate surface area is 309 Å². The number of aromatic hydroxyl groups is 2. The maximum atomic E-state index is 13.3. The lowest BCUT2D eigenvalue weighted by Gasteiger charge is -2.27. The summed E-state index contributed by atoms with van der Waals surface area (Å²) in [4.78, 5) is 26.5. The second kappa shape index (κ2) is 13.1. The molecule has 0 saturated heterocycles. The molecular weight excluding hydrogens is 649 g/mol. The average Bonchev–Trinajstić information content (AvgIpc) is 2.97. The van der Waals surface area contributed by atoms with Gasteiger partial charge in [0.15, 0.2) is 0 Å². The molecule has 0 aliphatic heterocycles. The molecular formula is C46H56O6. The fourth-order valence-electron chi connectivity index (χ4n) is 7.25. The third-order valence-electron chi connectivity index (χ3n) is 10.6. The monoisotopic (exact) mass is 704 g/mol. The maximum absolute atomic E-state index is 13.3. The lowest BCUT2D eigenvalue weighted by Crippen LogP contribution is -2.18. The van der Waals surface area contributed by atoms with Gasteiger partial charge in [-0.25, -0.2) is 9.59 Å². The van der Waals surface area contributed by atoms with Crippen molar-refractivity contribution < 1.29 is 30.0 Å². The minimum Gasteiger partial charge on any atom is -0.507 e. The molecule has 0 amide bonds. The highest BCUT2D eigenvalue weighted by Crippen LogP contribution is 2.41. The molecule has 1 aliphatic rings. The van der Waals surface area contributed by atoms with Crippen LogP contribution in [0.3, 0.4) is 0 Å². The summed E-state index contributed by atoms with van der Waals surface area (Å²) < 4.78 is 0. The summed E-state index contributed by atoms with van der Waals surface area (Å²) in [5.41, 5.74) is 7.51. The lowest BCUT2D eigenvalue weighted by molar-refractivity contribution is 0.0683. The van der Waals surface area contributed by atoms with Crippen molar-refractivity contribution in [2.75, 3.05) is 0 Å². The van der Waals surface area contributed by atoms with Crippen LogP contribution in [0, 0.1) is 0 Å². The van der Waals surface area contributed by atoms with Gasteiger partial charge in [-0.15, -0.1) is 0 Å². The maximum Gasteiger partial charge on any atom is 0.336 e. The van der Waals surface area contributed by atoms with E-state index in [0.29, 0.717) is 44.5 Å². The topological polar surface area (TPSA) is 115 Å². The van der Waals surface area contributed by atoms with Crippen molar-refractivity contribution in [3.05, 3.63) is 126 Å². The standard InChI is InChI=1S/C46H56O6/c1-43(2,3)33-17-25-13-29-21-35(45(7,8)9)23-31(39(29)47)15-27-19-34(44(4,5)6)20-28(38(27)42(51)52)16-32-24-36(46(10,11)12)22-30(40(32)48)14-26(18-33)37(25)41(49)50/h17-24,47-48H,13-16H2,1-12H3,(H,49,50)(H,51,52). The first kappa shape index (κ1) is 38.6. The number of rotatable bonds is 2. The summed E-state index contributed by atoms with van der Waals surface area (Å²) in [6.45, 7) is 25.1. The Morgan fingerprint density at radius 2 is 0.558 bits per heavy atom. The van der Waals surface area contributed by atoms with E-state index in [2.05, 4.69) is 83.1 Å². The molecule has 52 heavy (non-hydrogen) atoms. The van der Waals surface area contributed by atoms with E-state index in [-0.39, 0.29) is 70.0 Å². The van der Waals surface area contributed by atoms with Crippen molar-refractivity contribution in [3.63, 3.8) is 0 Å². The van der Waals surface area contributed by atoms with E-state index < -0.39 is 11.9 Å². The first-order chi connectivity index (χ1) is 23.8. The van der Waals surface area contributed by atoms with E-state index in [1.807, 2.05) is 48.5 Å². The molecule has 6 nitrogen and oxygen atoms in total. The second-order valence-corrected chi connectivity index (χ2v) is 18.9. The van der Waals surface area contributed by atoms with E-state index in [1.54, 1.807) is 0 Å². The average molecular weight is 705 g/mol. The van der Waals surface area contributed by atoms with Crippen LogP contribution < -0.4 is 0 Å². The van der Waals surface area contributed by atoms with Crippen molar-refractivity contribution in [3.8, 4) is 11.5 Å². The van der Waals surface area contributed by atoms with Gasteiger partial charge in [0.05, 0.1) is 11.1 Å². The van der Waals surface area contributed by atoms with Crippen molar-refractivity contribution in [2.24, 2.45) is 0 Å². The van der Waals surface area contributed by atoms with Gasteiger partial charge in [0.1, 0.15) is 11.5 Å². The first-order valence-corrected chi connectivity index (χ1v) is 18.2. The van der Waals surface area contributed by atoms with Gasteiger partial charge in [0, 0.05) is 25.7 Å². The normalized spacial score (nSPS) is 13.9. The molecule has 1 aliphatic carbocycles. The zero-order chi connectivity index (χ0) is 38.9. The number of fused-ring (bicyclic) bond motifs is 8. The summed E-state index contributed by atoms with van der Waals surface area (Å²) in [7, 11) is 0. The van der Waals surface area contributed by atoms with Gasteiger partial charge in [0.2, 0.25) is 0 Å². The van der Waals surface area contributed by atoms with Gasteiger partial charge in [-0.2, -0.15) is 0 Å². The van der Waals surface area contributed by atoms with Crippen molar-refractivity contribution in [1.29, 1.82) is 0 Å². The summed E-state index contributed by atoms with van der Waals surface area (Å²) in [5.74, 6) is -2.06. The SMILES string of the molecule is CC(C)(C)c1cc2c(O)c(c1)Cc1cc(C(C)(C)C)cc(c1C(=O)O)Cc1cc(C(C)(C)C)cc(c1O)Cc1cc(C(C)(C)C)cc(c1C(=O)O)C2. The summed E-state index contributed by atoms with van der Waals surface area (Å²) >= 11 is 0. The van der Waals surface area contributed by atoms with E-state index in [0.717, 1.165) is 22.3 Å². The number of benzene rings is 4. The van der Waals surface area contributed by atoms with Gasteiger partial charge >= 0.3 is 11.9 Å². The quantitative estimate of drug-likeness (QED) is 0.145. The van der Waals surface area contributed by atoms with Crippen molar-refractivity contribution in [1.82, 2.24) is 0 Å². The van der Waals surface area contributed by atoms with E-state index in [1.165, 1.54) is 0 Å².